The van der Waals surface area contributed by atoms with Gasteiger partial charge in [0, 0.05) is 32.2 Å². The van der Waals surface area contributed by atoms with Crippen molar-refractivity contribution >= 4 is 11.9 Å². The number of imide groups is 1. The predicted molar refractivity (Wildman–Crippen MR) is 119 cm³/mol. The maximum absolute atomic E-state index is 13.6. The van der Waals surface area contributed by atoms with Crippen LogP contribution in [0.1, 0.15) is 36.9 Å². The number of piperazine rings is 1. The number of urea groups is 1. The largest absolute Gasteiger partial charge is 0.326 e. The summed E-state index contributed by atoms with van der Waals surface area (Å²) in [5, 5.41) is 3.08. The van der Waals surface area contributed by atoms with Crippen LogP contribution in [0.5, 0.6) is 0 Å². The van der Waals surface area contributed by atoms with Crippen molar-refractivity contribution in [2.75, 3.05) is 32.8 Å². The van der Waals surface area contributed by atoms with Gasteiger partial charge in [0.25, 0.3) is 5.91 Å². The summed E-state index contributed by atoms with van der Waals surface area (Å²) in [6.07, 6.45) is 1.95. The molecule has 6 nitrogen and oxygen atoms in total. The lowest BCUT2D eigenvalue weighted by molar-refractivity contribution is -0.134. The topological polar surface area (TPSA) is 55.9 Å². The van der Waals surface area contributed by atoms with Crippen molar-refractivity contribution in [3.05, 3.63) is 71.8 Å². The summed E-state index contributed by atoms with van der Waals surface area (Å²) < 4.78 is 0. The quantitative estimate of drug-likeness (QED) is 0.732. The Hall–Kier alpha value is -2.70. The Morgan fingerprint density at radius 3 is 2.16 bits per heavy atom. The fraction of sp³-hybridized carbons (Fsp3) is 0.440. The Balaban J connectivity index is 1.25. The second-order valence-corrected chi connectivity index (χ2v) is 8.99. The summed E-state index contributed by atoms with van der Waals surface area (Å²) in [5.41, 5.74) is 1.34. The van der Waals surface area contributed by atoms with Gasteiger partial charge in [-0.2, -0.15) is 0 Å². The van der Waals surface area contributed by atoms with E-state index >= 15 is 0 Å². The number of rotatable bonds is 6. The number of nitrogens with zero attached hydrogens (tertiary/aromatic N) is 3. The van der Waals surface area contributed by atoms with Crippen LogP contribution in [-0.2, 0) is 10.3 Å². The molecule has 3 fully saturated rings. The molecule has 1 N–H and O–H groups in total. The molecule has 1 aliphatic carbocycles. The van der Waals surface area contributed by atoms with Gasteiger partial charge in [-0.25, -0.2) is 9.69 Å². The first-order chi connectivity index (χ1) is 15.1. The number of benzene rings is 2. The Bertz CT molecular complexity index is 939. The van der Waals surface area contributed by atoms with Crippen molar-refractivity contribution in [3.8, 4) is 0 Å². The molecule has 2 atom stereocenters. The van der Waals surface area contributed by atoms with Crippen LogP contribution < -0.4 is 5.32 Å². The van der Waals surface area contributed by atoms with E-state index in [0.29, 0.717) is 12.7 Å². The van der Waals surface area contributed by atoms with Gasteiger partial charge in [-0.3, -0.25) is 14.6 Å². The number of carbonyl (C=O) groups excluding carboxylic acids is 2. The van der Waals surface area contributed by atoms with Crippen LogP contribution in [0, 0.1) is 5.92 Å². The third kappa shape index (κ3) is 3.64. The zero-order chi connectivity index (χ0) is 21.4. The third-order valence-electron chi connectivity index (χ3n) is 7.13. The molecule has 2 aliphatic heterocycles. The highest BCUT2D eigenvalue weighted by Crippen LogP contribution is 2.49. The van der Waals surface area contributed by atoms with E-state index in [-0.39, 0.29) is 17.9 Å². The molecule has 3 aliphatic rings. The summed E-state index contributed by atoms with van der Waals surface area (Å²) >= 11 is 0. The van der Waals surface area contributed by atoms with Crippen molar-refractivity contribution in [1.82, 2.24) is 20.0 Å². The highest BCUT2D eigenvalue weighted by Gasteiger charge is 2.60. The molecule has 5 rings (SSSR count). The first-order valence-electron chi connectivity index (χ1n) is 11.3. The molecule has 0 aromatic heterocycles. The number of carbonyl (C=O) groups is 2. The van der Waals surface area contributed by atoms with Crippen LogP contribution >= 0.6 is 0 Å². The second kappa shape index (κ2) is 8.09. The lowest BCUT2D eigenvalue weighted by Crippen LogP contribution is -2.52. The minimum atomic E-state index is -0.887. The van der Waals surface area contributed by atoms with E-state index in [2.05, 4.69) is 46.3 Å². The monoisotopic (exact) mass is 418 g/mol. The van der Waals surface area contributed by atoms with Gasteiger partial charge in [0.15, 0.2) is 0 Å². The maximum Gasteiger partial charge on any atom is 0.326 e. The molecule has 0 bridgehead atoms. The first kappa shape index (κ1) is 20.2. The van der Waals surface area contributed by atoms with Gasteiger partial charge in [-0.05, 0) is 36.8 Å². The average Bonchev–Trinajstić information content (AvgIpc) is 3.64. The molecular formula is C25H30N4O2. The van der Waals surface area contributed by atoms with Crippen molar-refractivity contribution in [1.29, 1.82) is 0 Å². The van der Waals surface area contributed by atoms with E-state index in [1.165, 1.54) is 10.5 Å². The van der Waals surface area contributed by atoms with E-state index in [9.17, 15) is 9.59 Å². The van der Waals surface area contributed by atoms with Gasteiger partial charge in [0.2, 0.25) is 0 Å². The molecule has 6 heteroatoms. The summed E-state index contributed by atoms with van der Waals surface area (Å²) in [6, 6.07) is 20.4. The lowest BCUT2D eigenvalue weighted by Gasteiger charge is -2.39. The summed E-state index contributed by atoms with van der Waals surface area (Å²) in [6.45, 7) is 6.14. The van der Waals surface area contributed by atoms with Crippen molar-refractivity contribution in [2.24, 2.45) is 5.92 Å². The number of hydrogen-bond acceptors (Lipinski definition) is 4. The SMILES string of the molecule is CC(c1ccccc1)N1CCN(CN2C(=O)NC(c3ccccc3)(C3CC3)C2=O)CC1. The van der Waals surface area contributed by atoms with E-state index in [0.717, 1.165) is 44.6 Å². The molecule has 31 heavy (non-hydrogen) atoms. The molecule has 1 saturated carbocycles. The number of nitrogens with one attached hydrogen (secondary N) is 1. The van der Waals surface area contributed by atoms with Crippen LogP contribution in [-0.4, -0.2) is 59.5 Å². The molecule has 2 aromatic rings. The van der Waals surface area contributed by atoms with Gasteiger partial charge in [-0.1, -0.05) is 60.7 Å². The van der Waals surface area contributed by atoms with E-state index < -0.39 is 5.54 Å². The standard InChI is InChI=1S/C25H30N4O2/c1-19(20-8-4-2-5-9-20)28-16-14-27(15-17-28)18-29-23(30)25(22-12-13-22,26-24(29)31)21-10-6-3-7-11-21/h2-11,19,22H,12-18H2,1H3,(H,26,31). The molecule has 0 radical (unpaired) electrons. The highest BCUT2D eigenvalue weighted by molar-refractivity contribution is 6.07. The minimum Gasteiger partial charge on any atom is -0.319 e. The molecular weight excluding hydrogens is 388 g/mol. The van der Waals surface area contributed by atoms with Crippen molar-refractivity contribution in [2.45, 2.75) is 31.3 Å². The molecule has 2 heterocycles. The molecule has 3 amide bonds. The fourth-order valence-electron chi connectivity index (χ4n) is 5.08. The highest BCUT2D eigenvalue weighted by atomic mass is 16.2. The van der Waals surface area contributed by atoms with Crippen molar-refractivity contribution in [3.63, 3.8) is 0 Å². The van der Waals surface area contributed by atoms with E-state index in [4.69, 9.17) is 0 Å². The average molecular weight is 419 g/mol. The normalized spacial score (nSPS) is 26.2. The zero-order valence-corrected chi connectivity index (χ0v) is 18.0. The molecule has 2 aromatic carbocycles. The summed E-state index contributed by atoms with van der Waals surface area (Å²) in [5.74, 6) is 0.103. The molecule has 2 saturated heterocycles. The van der Waals surface area contributed by atoms with Crippen LogP contribution in [0.4, 0.5) is 4.79 Å². The smallest absolute Gasteiger partial charge is 0.319 e. The van der Waals surface area contributed by atoms with E-state index in [1.54, 1.807) is 0 Å². The third-order valence-corrected chi connectivity index (χ3v) is 7.13. The van der Waals surface area contributed by atoms with Crippen LogP contribution in [0.3, 0.4) is 0 Å². The van der Waals surface area contributed by atoms with Crippen LogP contribution in [0.2, 0.25) is 0 Å². The van der Waals surface area contributed by atoms with Gasteiger partial charge < -0.3 is 5.32 Å². The molecule has 162 valence electrons. The first-order valence-corrected chi connectivity index (χ1v) is 11.3. The number of hydrogen-bond donors (Lipinski definition) is 1. The van der Waals surface area contributed by atoms with Crippen molar-refractivity contribution < 1.29 is 9.59 Å². The van der Waals surface area contributed by atoms with Gasteiger partial charge in [0.1, 0.15) is 5.54 Å². The Morgan fingerprint density at radius 2 is 1.55 bits per heavy atom. The molecule has 2 unspecified atom stereocenters. The molecule has 0 spiro atoms. The summed E-state index contributed by atoms with van der Waals surface area (Å²) in [7, 11) is 0. The Morgan fingerprint density at radius 1 is 0.935 bits per heavy atom. The Labute approximate surface area is 183 Å². The fourth-order valence-corrected chi connectivity index (χ4v) is 5.08. The van der Waals surface area contributed by atoms with Gasteiger partial charge in [-0.15, -0.1) is 0 Å². The maximum atomic E-state index is 13.6. The van der Waals surface area contributed by atoms with Crippen LogP contribution in [0.15, 0.2) is 60.7 Å². The van der Waals surface area contributed by atoms with Crippen LogP contribution in [0.25, 0.3) is 0 Å². The zero-order valence-electron chi connectivity index (χ0n) is 18.0. The minimum absolute atomic E-state index is 0.0914. The predicted octanol–water partition coefficient (Wildman–Crippen LogP) is 3.18. The second-order valence-electron chi connectivity index (χ2n) is 8.99. The summed E-state index contributed by atoms with van der Waals surface area (Å²) in [4.78, 5) is 32.6. The van der Waals surface area contributed by atoms with Gasteiger partial charge in [0.05, 0.1) is 6.67 Å². The number of amides is 3. The van der Waals surface area contributed by atoms with E-state index in [1.807, 2.05) is 36.4 Å². The Kier molecular flexibility index (Phi) is 5.28. The lowest BCUT2D eigenvalue weighted by atomic mass is 9.85. The van der Waals surface area contributed by atoms with Gasteiger partial charge >= 0.3 is 6.03 Å².